The van der Waals surface area contributed by atoms with E-state index >= 15 is 0 Å². The fourth-order valence-electron chi connectivity index (χ4n) is 2.45. The molecule has 0 bridgehead atoms. The molecule has 2 aromatic carbocycles. The lowest BCUT2D eigenvalue weighted by Crippen LogP contribution is -2.09. The maximum absolute atomic E-state index is 14.1. The maximum atomic E-state index is 14.1. The van der Waals surface area contributed by atoms with Crippen molar-refractivity contribution in [2.24, 2.45) is 5.16 Å². The Bertz CT molecular complexity index is 864. The van der Waals surface area contributed by atoms with Gasteiger partial charge in [-0.05, 0) is 30.2 Å². The molecule has 0 aliphatic heterocycles. The van der Waals surface area contributed by atoms with Crippen LogP contribution in [0.1, 0.15) is 30.0 Å². The van der Waals surface area contributed by atoms with Crippen molar-refractivity contribution in [3.8, 4) is 5.75 Å². The Hall–Kier alpha value is -3.10. The minimum absolute atomic E-state index is 0.00418. The summed E-state index contributed by atoms with van der Waals surface area (Å²) in [5, 5.41) is 12.7. The third kappa shape index (κ3) is 6.48. The molecule has 0 aliphatic carbocycles. The predicted octanol–water partition coefficient (Wildman–Crippen LogP) is 4.68. The van der Waals surface area contributed by atoms with Crippen LogP contribution < -0.4 is 4.74 Å². The molecule has 0 amide bonds. The number of carbonyl (C=O) groups is 1. The molecular weight excluding hydrogens is 394 g/mol. The fraction of sp³-hybridized carbons (Fsp3) is 0.300. The molecular formula is C20H19F4NO4. The van der Waals surface area contributed by atoms with E-state index in [1.807, 2.05) is 0 Å². The van der Waals surface area contributed by atoms with Crippen molar-refractivity contribution in [1.82, 2.24) is 0 Å². The molecule has 0 heterocycles. The van der Waals surface area contributed by atoms with Gasteiger partial charge in [0.15, 0.2) is 18.2 Å². The van der Waals surface area contributed by atoms with Crippen LogP contribution in [-0.4, -0.2) is 30.0 Å². The number of halogens is 4. The average Bonchev–Trinajstić information content (AvgIpc) is 2.66. The number of benzene rings is 2. The van der Waals surface area contributed by atoms with E-state index < -0.39 is 29.9 Å². The Morgan fingerprint density at radius 1 is 1.10 bits per heavy atom. The third-order valence-corrected chi connectivity index (χ3v) is 3.87. The second-order valence-electron chi connectivity index (χ2n) is 5.95. The molecule has 2 aromatic rings. The molecule has 0 saturated heterocycles. The number of carboxylic acids is 1. The van der Waals surface area contributed by atoms with Crippen molar-refractivity contribution in [3.63, 3.8) is 0 Å². The van der Waals surface area contributed by atoms with Gasteiger partial charge in [-0.25, -0.2) is 4.39 Å². The first-order valence-electron chi connectivity index (χ1n) is 8.70. The van der Waals surface area contributed by atoms with E-state index in [0.29, 0.717) is 17.7 Å². The van der Waals surface area contributed by atoms with Crippen LogP contribution >= 0.6 is 0 Å². The summed E-state index contributed by atoms with van der Waals surface area (Å²) >= 11 is 0. The summed E-state index contributed by atoms with van der Waals surface area (Å²) in [5.41, 5.74) is 0.199. The van der Waals surface area contributed by atoms with E-state index in [2.05, 4.69) is 5.16 Å². The molecule has 0 unspecified atom stereocenters. The molecule has 0 saturated carbocycles. The molecule has 1 N–H and O–H groups in total. The largest absolute Gasteiger partial charge is 0.487 e. The number of rotatable bonds is 9. The highest BCUT2D eigenvalue weighted by Crippen LogP contribution is 2.29. The first-order valence-corrected chi connectivity index (χ1v) is 8.70. The molecule has 0 aromatic heterocycles. The van der Waals surface area contributed by atoms with Crippen LogP contribution in [0.25, 0.3) is 0 Å². The first-order chi connectivity index (χ1) is 13.7. The van der Waals surface area contributed by atoms with Gasteiger partial charge in [-0.3, -0.25) is 4.79 Å². The van der Waals surface area contributed by atoms with E-state index in [1.54, 1.807) is 6.92 Å². The van der Waals surface area contributed by atoms with Crippen molar-refractivity contribution in [1.29, 1.82) is 0 Å². The molecule has 0 atom stereocenters. The monoisotopic (exact) mass is 413 g/mol. The molecule has 0 fully saturated rings. The first kappa shape index (κ1) is 22.2. The van der Waals surface area contributed by atoms with Gasteiger partial charge < -0.3 is 14.7 Å². The van der Waals surface area contributed by atoms with Crippen LogP contribution in [0.15, 0.2) is 47.6 Å². The summed E-state index contributed by atoms with van der Waals surface area (Å²) in [4.78, 5) is 15.8. The Kier molecular flexibility index (Phi) is 7.58. The van der Waals surface area contributed by atoms with Crippen LogP contribution in [0.2, 0.25) is 0 Å². The van der Waals surface area contributed by atoms with E-state index in [1.165, 1.54) is 30.3 Å². The number of hydrogen-bond donors (Lipinski definition) is 1. The van der Waals surface area contributed by atoms with E-state index in [4.69, 9.17) is 14.7 Å². The second kappa shape index (κ2) is 9.90. The van der Waals surface area contributed by atoms with Gasteiger partial charge in [0.05, 0.1) is 17.7 Å². The van der Waals surface area contributed by atoms with Crippen LogP contribution in [-0.2, 0) is 22.2 Å². The Balaban J connectivity index is 1.91. The molecule has 156 valence electrons. The summed E-state index contributed by atoms with van der Waals surface area (Å²) in [7, 11) is 0. The summed E-state index contributed by atoms with van der Waals surface area (Å²) in [6.45, 7) is 1.69. The van der Waals surface area contributed by atoms with Gasteiger partial charge in [0.25, 0.3) is 0 Å². The number of ether oxygens (including phenoxy) is 1. The third-order valence-electron chi connectivity index (χ3n) is 3.87. The number of aliphatic carboxylic acids is 1. The van der Waals surface area contributed by atoms with Gasteiger partial charge in [-0.2, -0.15) is 13.2 Å². The highest BCUT2D eigenvalue weighted by molar-refractivity contribution is 6.00. The summed E-state index contributed by atoms with van der Waals surface area (Å²) in [5.74, 6) is -2.01. The number of nitrogens with zero attached hydrogens (tertiary/aromatic N) is 1. The lowest BCUT2D eigenvalue weighted by molar-refractivity contribution is -0.138. The number of hydrogen-bond acceptors (Lipinski definition) is 4. The fourth-order valence-corrected chi connectivity index (χ4v) is 2.45. The predicted molar refractivity (Wildman–Crippen MR) is 97.5 cm³/mol. The van der Waals surface area contributed by atoms with Crippen LogP contribution in [0.5, 0.6) is 5.75 Å². The van der Waals surface area contributed by atoms with E-state index in [9.17, 15) is 22.4 Å². The smallest absolute Gasteiger partial charge is 0.416 e. The lowest BCUT2D eigenvalue weighted by Gasteiger charge is -2.10. The van der Waals surface area contributed by atoms with Gasteiger partial charge in [-0.1, -0.05) is 36.3 Å². The highest BCUT2D eigenvalue weighted by Gasteiger charge is 2.30. The van der Waals surface area contributed by atoms with Gasteiger partial charge >= 0.3 is 12.1 Å². The molecule has 0 aliphatic rings. The average molecular weight is 413 g/mol. The minimum Gasteiger partial charge on any atom is -0.487 e. The zero-order valence-electron chi connectivity index (χ0n) is 15.5. The van der Waals surface area contributed by atoms with Crippen molar-refractivity contribution in [2.75, 3.05) is 13.2 Å². The van der Waals surface area contributed by atoms with Gasteiger partial charge in [-0.15, -0.1) is 0 Å². The molecule has 9 heteroatoms. The quantitative estimate of drug-likeness (QED) is 0.281. The molecule has 5 nitrogen and oxygen atoms in total. The molecule has 29 heavy (non-hydrogen) atoms. The number of carboxylic acid groups (broad SMARTS) is 1. The van der Waals surface area contributed by atoms with Crippen LogP contribution in [0, 0.1) is 5.82 Å². The molecule has 2 rings (SSSR count). The Morgan fingerprint density at radius 3 is 2.38 bits per heavy atom. The normalized spacial score (nSPS) is 12.0. The van der Waals surface area contributed by atoms with Crippen molar-refractivity contribution >= 4 is 11.7 Å². The van der Waals surface area contributed by atoms with Crippen molar-refractivity contribution in [3.05, 3.63) is 65.0 Å². The van der Waals surface area contributed by atoms with E-state index in [0.717, 1.165) is 12.1 Å². The van der Waals surface area contributed by atoms with Crippen LogP contribution in [0.4, 0.5) is 17.6 Å². The zero-order chi connectivity index (χ0) is 21.4. The van der Waals surface area contributed by atoms with Gasteiger partial charge in [0.1, 0.15) is 6.61 Å². The van der Waals surface area contributed by atoms with Gasteiger partial charge in [0.2, 0.25) is 0 Å². The summed E-state index contributed by atoms with van der Waals surface area (Å²) in [6, 6.07) is 8.77. The summed E-state index contributed by atoms with van der Waals surface area (Å²) in [6.07, 6.45) is -4.44. The lowest BCUT2D eigenvalue weighted by atomic mass is 10.1. The number of oxime groups is 1. The van der Waals surface area contributed by atoms with Gasteiger partial charge in [0, 0.05) is 5.56 Å². The Morgan fingerprint density at radius 2 is 1.79 bits per heavy atom. The minimum atomic E-state index is -4.41. The molecule has 0 radical (unpaired) electrons. The summed E-state index contributed by atoms with van der Waals surface area (Å²) < 4.78 is 57.2. The Labute approximate surface area is 164 Å². The second-order valence-corrected chi connectivity index (χ2v) is 5.95. The van der Waals surface area contributed by atoms with E-state index in [-0.39, 0.29) is 24.5 Å². The molecule has 0 spiro atoms. The van der Waals surface area contributed by atoms with Crippen molar-refractivity contribution in [2.45, 2.75) is 25.9 Å². The topological polar surface area (TPSA) is 68.1 Å². The van der Waals surface area contributed by atoms with Crippen LogP contribution in [0.3, 0.4) is 0 Å². The standard InChI is InChI=1S/C20H19F4NO4/c1-2-16(13-6-8-15(9-7-13)20(22,23)24)25-29-11-10-28-17-5-3-4-14(19(17)21)12-18(26)27/h3-9H,2,10-12H2,1H3,(H,26,27)/b25-16+. The highest BCUT2D eigenvalue weighted by atomic mass is 19.4. The SMILES string of the molecule is CC/C(=N\OCCOc1cccc(CC(=O)O)c1F)c1ccc(C(F)(F)F)cc1. The number of alkyl halides is 3. The zero-order valence-corrected chi connectivity index (χ0v) is 15.5. The maximum Gasteiger partial charge on any atom is 0.416 e. The van der Waals surface area contributed by atoms with Crippen molar-refractivity contribution < 1.29 is 37.0 Å².